The van der Waals surface area contributed by atoms with Crippen LogP contribution in [0.4, 0.5) is 23.2 Å². The van der Waals surface area contributed by atoms with Gasteiger partial charge in [-0.25, -0.2) is 4.39 Å². The predicted octanol–water partition coefficient (Wildman–Crippen LogP) is 3.88. The number of pyridine rings is 1. The van der Waals surface area contributed by atoms with Crippen molar-refractivity contribution in [2.45, 2.75) is 45.0 Å². The number of ether oxygens (including phenoxy) is 1. The van der Waals surface area contributed by atoms with Crippen LogP contribution in [-0.2, 0) is 30.8 Å². The van der Waals surface area contributed by atoms with Gasteiger partial charge in [-0.3, -0.25) is 19.1 Å². The van der Waals surface area contributed by atoms with Gasteiger partial charge in [0.25, 0.3) is 11.5 Å². The van der Waals surface area contributed by atoms with Crippen LogP contribution in [0.5, 0.6) is 5.75 Å². The Morgan fingerprint density at radius 2 is 1.76 bits per heavy atom. The molecule has 2 amide bonds. The number of alkyl halides is 4. The average molecular weight is 587 g/mol. The molecule has 0 radical (unpaired) electrons. The van der Waals surface area contributed by atoms with Gasteiger partial charge in [-0.15, -0.1) is 18.3 Å². The first-order chi connectivity index (χ1) is 20.0. The number of carbonyl (C=O) groups excluding carboxylic acids is 2. The van der Waals surface area contributed by atoms with Crippen LogP contribution < -0.4 is 20.9 Å². The van der Waals surface area contributed by atoms with E-state index in [1.54, 1.807) is 0 Å². The summed E-state index contributed by atoms with van der Waals surface area (Å²) in [6.45, 7) is -0.242. The maximum absolute atomic E-state index is 14.7. The zero-order valence-corrected chi connectivity index (χ0v) is 22.1. The van der Waals surface area contributed by atoms with Gasteiger partial charge in [-0.2, -0.15) is 0 Å². The second-order valence-electron chi connectivity index (χ2n) is 9.25. The molecule has 0 aliphatic heterocycles. The van der Waals surface area contributed by atoms with Crippen molar-refractivity contribution in [3.05, 3.63) is 106 Å². The van der Waals surface area contributed by atoms with E-state index in [2.05, 4.69) is 25.7 Å². The molecule has 42 heavy (non-hydrogen) atoms. The number of rotatable bonds is 12. The number of amides is 2. The summed E-state index contributed by atoms with van der Waals surface area (Å²) in [5.74, 6) is -1.32. The molecule has 1 unspecified atom stereocenters. The quantitative estimate of drug-likeness (QED) is 0.243. The van der Waals surface area contributed by atoms with Crippen LogP contribution in [0.2, 0.25) is 0 Å². The number of anilines is 1. The molecule has 0 aliphatic rings. The van der Waals surface area contributed by atoms with Gasteiger partial charge >= 0.3 is 6.36 Å². The molecule has 2 aromatic carbocycles. The first kappa shape index (κ1) is 30.0. The van der Waals surface area contributed by atoms with Gasteiger partial charge in [0.2, 0.25) is 5.91 Å². The van der Waals surface area contributed by atoms with Crippen molar-refractivity contribution < 1.29 is 31.9 Å². The van der Waals surface area contributed by atoms with Crippen molar-refractivity contribution in [1.29, 1.82) is 0 Å². The van der Waals surface area contributed by atoms with Crippen LogP contribution in [0.25, 0.3) is 0 Å². The Morgan fingerprint density at radius 1 is 1.00 bits per heavy atom. The van der Waals surface area contributed by atoms with Crippen LogP contribution in [0, 0.1) is 0 Å². The number of nitrogens with zero attached hydrogens (tertiary/aromatic N) is 4. The third kappa shape index (κ3) is 9.28. The van der Waals surface area contributed by atoms with E-state index >= 15 is 0 Å². The van der Waals surface area contributed by atoms with E-state index in [9.17, 15) is 31.9 Å². The molecule has 10 nitrogen and oxygen atoms in total. The Kier molecular flexibility index (Phi) is 9.68. The number of hydrogen-bond acceptors (Lipinski definition) is 6. The summed E-state index contributed by atoms with van der Waals surface area (Å²) in [5, 5.41) is 12.7. The van der Waals surface area contributed by atoms with Gasteiger partial charge in [0, 0.05) is 31.0 Å². The van der Waals surface area contributed by atoms with Crippen LogP contribution in [0.1, 0.15) is 28.0 Å². The SMILES string of the molecule is O=C(Cc1ccccc1)Nc1ccn(CC(F)CCn2cc(C(=O)NCc3cccc(OC(F)(F)F)c3)nn2)c(=O)c1. The standard InChI is InChI=1S/C28H26F4N6O4/c29-21(17-37-11-10-22(15-26(37)40)34-25(39)14-19-5-2-1-3-6-19)9-12-38-18-24(35-36-38)27(41)33-16-20-7-4-8-23(13-20)42-28(30,31)32/h1-8,10-11,13,15,18,21H,9,12,14,16-17H2,(H,33,41)(H,34,39). The number of carbonyl (C=O) groups is 2. The fraction of sp³-hybridized carbons (Fsp3) is 0.250. The Bertz CT molecular complexity index is 1570. The third-order valence-electron chi connectivity index (χ3n) is 5.91. The van der Waals surface area contributed by atoms with Gasteiger partial charge in [0.05, 0.1) is 19.2 Å². The summed E-state index contributed by atoms with van der Waals surface area (Å²) in [7, 11) is 0. The smallest absolute Gasteiger partial charge is 0.406 e. The lowest BCUT2D eigenvalue weighted by Gasteiger charge is -2.12. The summed E-state index contributed by atoms with van der Waals surface area (Å²) < 4.78 is 58.2. The lowest BCUT2D eigenvalue weighted by Crippen LogP contribution is -2.25. The monoisotopic (exact) mass is 586 g/mol. The minimum atomic E-state index is -4.83. The van der Waals surface area contributed by atoms with Crippen molar-refractivity contribution >= 4 is 17.5 Å². The molecule has 220 valence electrons. The van der Waals surface area contributed by atoms with E-state index in [0.717, 1.165) is 17.7 Å². The summed E-state index contributed by atoms with van der Waals surface area (Å²) in [6, 6.07) is 17.0. The zero-order valence-electron chi connectivity index (χ0n) is 22.1. The topological polar surface area (TPSA) is 120 Å². The van der Waals surface area contributed by atoms with Gasteiger partial charge in [-0.1, -0.05) is 47.7 Å². The molecule has 2 N–H and O–H groups in total. The number of halogens is 4. The molecule has 0 saturated heterocycles. The molecule has 0 saturated carbocycles. The molecular weight excluding hydrogens is 560 g/mol. The highest BCUT2D eigenvalue weighted by atomic mass is 19.4. The van der Waals surface area contributed by atoms with Crippen molar-refractivity contribution in [3.8, 4) is 5.75 Å². The average Bonchev–Trinajstić information content (AvgIpc) is 3.41. The second kappa shape index (κ2) is 13.6. The molecule has 2 heterocycles. The first-order valence-electron chi connectivity index (χ1n) is 12.8. The van der Waals surface area contributed by atoms with Gasteiger partial charge in [0.15, 0.2) is 5.69 Å². The Balaban J connectivity index is 1.22. The largest absolute Gasteiger partial charge is 0.573 e. The second-order valence-corrected chi connectivity index (χ2v) is 9.25. The van der Waals surface area contributed by atoms with Gasteiger partial charge in [0.1, 0.15) is 11.9 Å². The summed E-state index contributed by atoms with van der Waals surface area (Å²) >= 11 is 0. The number of aromatic nitrogens is 4. The Hall–Kier alpha value is -5.01. The van der Waals surface area contributed by atoms with E-state index in [1.807, 2.05) is 30.3 Å². The molecule has 2 aromatic heterocycles. The summed E-state index contributed by atoms with van der Waals surface area (Å²) in [6.07, 6.45) is -3.43. The van der Waals surface area contributed by atoms with Crippen LogP contribution >= 0.6 is 0 Å². The van der Waals surface area contributed by atoms with E-state index in [0.29, 0.717) is 11.3 Å². The molecule has 4 aromatic rings. The molecule has 0 spiro atoms. The highest BCUT2D eigenvalue weighted by Crippen LogP contribution is 2.23. The van der Waals surface area contributed by atoms with Crippen LogP contribution in [-0.4, -0.2) is 43.9 Å². The maximum atomic E-state index is 14.7. The molecule has 4 rings (SSSR count). The van der Waals surface area contributed by atoms with Crippen molar-refractivity contribution in [1.82, 2.24) is 24.9 Å². The Labute approximate surface area is 236 Å². The number of benzene rings is 2. The fourth-order valence-electron chi connectivity index (χ4n) is 3.94. The number of aryl methyl sites for hydroxylation is 1. The zero-order chi connectivity index (χ0) is 30.1. The minimum Gasteiger partial charge on any atom is -0.406 e. The molecular formula is C28H26F4N6O4. The molecule has 1 atom stereocenters. The molecule has 14 heteroatoms. The van der Waals surface area contributed by atoms with Crippen LogP contribution in [0.15, 0.2) is 83.9 Å². The highest BCUT2D eigenvalue weighted by molar-refractivity contribution is 5.92. The van der Waals surface area contributed by atoms with Crippen molar-refractivity contribution in [3.63, 3.8) is 0 Å². The molecule has 0 bridgehead atoms. The first-order valence-corrected chi connectivity index (χ1v) is 12.8. The van der Waals surface area contributed by atoms with E-state index in [-0.39, 0.29) is 44.1 Å². The minimum absolute atomic E-state index is 0.0293. The highest BCUT2D eigenvalue weighted by Gasteiger charge is 2.31. The summed E-state index contributed by atoms with van der Waals surface area (Å²) in [4.78, 5) is 37.0. The van der Waals surface area contributed by atoms with Gasteiger partial charge < -0.3 is 19.9 Å². The third-order valence-corrected chi connectivity index (χ3v) is 5.91. The number of nitrogens with one attached hydrogen (secondary N) is 2. The molecule has 0 aliphatic carbocycles. The van der Waals surface area contributed by atoms with Crippen LogP contribution in [0.3, 0.4) is 0 Å². The van der Waals surface area contributed by atoms with Crippen molar-refractivity contribution in [2.75, 3.05) is 5.32 Å². The van der Waals surface area contributed by atoms with Crippen molar-refractivity contribution in [2.24, 2.45) is 0 Å². The van der Waals surface area contributed by atoms with E-state index in [4.69, 9.17) is 0 Å². The lowest BCUT2D eigenvalue weighted by molar-refractivity contribution is -0.274. The maximum Gasteiger partial charge on any atom is 0.573 e. The molecule has 0 fully saturated rings. The lowest BCUT2D eigenvalue weighted by atomic mass is 10.1. The Morgan fingerprint density at radius 3 is 2.50 bits per heavy atom. The predicted molar refractivity (Wildman–Crippen MR) is 143 cm³/mol. The fourth-order valence-corrected chi connectivity index (χ4v) is 3.94. The summed E-state index contributed by atoms with van der Waals surface area (Å²) in [5.41, 5.74) is 0.964. The van der Waals surface area contributed by atoms with E-state index in [1.165, 1.54) is 45.9 Å². The normalized spacial score (nSPS) is 12.0. The van der Waals surface area contributed by atoms with Gasteiger partial charge in [-0.05, 0) is 35.7 Å². The van der Waals surface area contributed by atoms with E-state index < -0.39 is 29.7 Å². The number of hydrogen-bond donors (Lipinski definition) is 2.